The predicted octanol–water partition coefficient (Wildman–Crippen LogP) is 3.47. The number of hydrogen-bond acceptors (Lipinski definition) is 5. The molecule has 3 N–H and O–H groups in total. The highest BCUT2D eigenvalue weighted by Gasteiger charge is 2.19. The Bertz CT molecular complexity index is 1130. The fourth-order valence-electron chi connectivity index (χ4n) is 3.93. The van der Waals surface area contributed by atoms with Crippen LogP contribution in [-0.2, 0) is 0 Å². The van der Waals surface area contributed by atoms with E-state index in [2.05, 4.69) is 32.2 Å². The van der Waals surface area contributed by atoms with Gasteiger partial charge in [0.2, 0.25) is 0 Å². The Hall–Kier alpha value is -3.06. The molecule has 7 nitrogen and oxygen atoms in total. The van der Waals surface area contributed by atoms with Gasteiger partial charge >= 0.3 is 0 Å². The van der Waals surface area contributed by atoms with Gasteiger partial charge in [0.15, 0.2) is 5.82 Å². The second kappa shape index (κ2) is 6.83. The zero-order chi connectivity index (χ0) is 19.1. The number of imidazole rings is 1. The summed E-state index contributed by atoms with van der Waals surface area (Å²) in [5.41, 5.74) is 4.69. The van der Waals surface area contributed by atoms with E-state index >= 15 is 0 Å². The van der Waals surface area contributed by atoms with E-state index in [0.29, 0.717) is 13.2 Å². The summed E-state index contributed by atoms with van der Waals surface area (Å²) in [6.45, 7) is 4.24. The van der Waals surface area contributed by atoms with Crippen LogP contribution >= 0.6 is 0 Å². The lowest BCUT2D eigenvalue weighted by Gasteiger charge is -2.31. The molecular weight excluding hydrogens is 354 g/mol. The van der Waals surface area contributed by atoms with Gasteiger partial charge in [0.05, 0.1) is 29.3 Å². The first-order valence-electron chi connectivity index (χ1n) is 9.75. The first-order valence-corrected chi connectivity index (χ1v) is 9.75. The van der Waals surface area contributed by atoms with Crippen molar-refractivity contribution in [1.29, 1.82) is 0 Å². The maximum absolute atomic E-state index is 9.96. The Balaban J connectivity index is 1.53. The van der Waals surface area contributed by atoms with E-state index in [0.717, 1.165) is 64.3 Å². The molecule has 1 aliphatic heterocycles. The predicted molar refractivity (Wildman–Crippen MR) is 110 cm³/mol. The summed E-state index contributed by atoms with van der Waals surface area (Å²) in [6, 6.07) is 12.1. The third-order valence-corrected chi connectivity index (χ3v) is 5.30. The Morgan fingerprint density at radius 2 is 2.14 bits per heavy atom. The summed E-state index contributed by atoms with van der Waals surface area (Å²) in [7, 11) is 0. The zero-order valence-electron chi connectivity index (χ0n) is 15.8. The van der Waals surface area contributed by atoms with Crippen LogP contribution in [0.1, 0.15) is 19.8 Å². The molecule has 0 aliphatic carbocycles. The third kappa shape index (κ3) is 2.97. The van der Waals surface area contributed by atoms with Gasteiger partial charge in [-0.05, 0) is 56.2 Å². The maximum atomic E-state index is 9.96. The fraction of sp³-hybridized carbons (Fsp3) is 0.333. The number of ether oxygens (including phenoxy) is 1. The molecule has 1 saturated heterocycles. The number of aromatic amines is 2. The summed E-state index contributed by atoms with van der Waals surface area (Å²) in [4.78, 5) is 10.4. The normalized spacial score (nSPS) is 17.5. The second-order valence-electron chi connectivity index (χ2n) is 7.24. The minimum absolute atomic E-state index is 0.253. The average Bonchev–Trinajstić information content (AvgIpc) is 3.31. The molecule has 0 saturated carbocycles. The van der Waals surface area contributed by atoms with Crippen molar-refractivity contribution in [2.75, 3.05) is 24.6 Å². The average molecular weight is 377 g/mol. The molecule has 0 radical (unpaired) electrons. The lowest BCUT2D eigenvalue weighted by atomic mass is 10.1. The van der Waals surface area contributed by atoms with Crippen LogP contribution in [0.25, 0.3) is 33.5 Å². The molecule has 0 bridgehead atoms. The van der Waals surface area contributed by atoms with Crippen molar-refractivity contribution in [1.82, 2.24) is 20.2 Å². The highest BCUT2D eigenvalue weighted by molar-refractivity contribution is 5.94. The van der Waals surface area contributed by atoms with Gasteiger partial charge in [0.25, 0.3) is 0 Å². The highest BCUT2D eigenvalue weighted by Crippen LogP contribution is 2.30. The van der Waals surface area contributed by atoms with Gasteiger partial charge in [-0.2, -0.15) is 5.10 Å². The van der Waals surface area contributed by atoms with Crippen LogP contribution in [0, 0.1) is 0 Å². The molecule has 3 heterocycles. The number of nitrogens with zero attached hydrogens (tertiary/aromatic N) is 3. The minimum Gasteiger partial charge on any atom is -0.494 e. The van der Waals surface area contributed by atoms with Crippen LogP contribution in [0.3, 0.4) is 0 Å². The standard InChI is InChI=1S/C21H23N5O2/c1-2-28-15-6-8-17-16(11-15)20(25-24-17)21-22-18-7-5-13(10-19(18)23-21)26-9-3-4-14(27)12-26/h5-8,10-11,14,27H,2-4,9,12H2,1H3,(H,22,23)(H,24,25). The molecule has 1 atom stereocenters. The van der Waals surface area contributed by atoms with Gasteiger partial charge < -0.3 is 19.7 Å². The summed E-state index contributed by atoms with van der Waals surface area (Å²) >= 11 is 0. The Labute approximate surface area is 162 Å². The molecule has 1 fully saturated rings. The molecule has 144 valence electrons. The van der Waals surface area contributed by atoms with Crippen molar-refractivity contribution in [3.05, 3.63) is 36.4 Å². The second-order valence-corrected chi connectivity index (χ2v) is 7.24. The number of rotatable bonds is 4. The molecular formula is C21H23N5O2. The lowest BCUT2D eigenvalue weighted by Crippen LogP contribution is -2.38. The van der Waals surface area contributed by atoms with Gasteiger partial charge in [-0.15, -0.1) is 0 Å². The summed E-state index contributed by atoms with van der Waals surface area (Å²) in [5.74, 6) is 1.55. The van der Waals surface area contributed by atoms with Crippen molar-refractivity contribution in [2.45, 2.75) is 25.9 Å². The number of aliphatic hydroxyl groups excluding tert-OH is 1. The van der Waals surface area contributed by atoms with Crippen molar-refractivity contribution in [2.24, 2.45) is 0 Å². The SMILES string of the molecule is CCOc1ccc2[nH]nc(-c3nc4ccc(N5CCCC(O)C5)cc4[nH]3)c2c1. The Morgan fingerprint density at radius 1 is 1.21 bits per heavy atom. The van der Waals surface area contributed by atoms with Crippen LogP contribution in [0.5, 0.6) is 5.75 Å². The number of anilines is 1. The number of nitrogens with one attached hydrogen (secondary N) is 2. The Morgan fingerprint density at radius 3 is 3.00 bits per heavy atom. The van der Waals surface area contributed by atoms with E-state index in [1.54, 1.807) is 0 Å². The smallest absolute Gasteiger partial charge is 0.159 e. The number of H-pyrrole nitrogens is 2. The van der Waals surface area contributed by atoms with Gasteiger partial charge in [-0.1, -0.05) is 0 Å². The lowest BCUT2D eigenvalue weighted by molar-refractivity contribution is 0.154. The molecule has 28 heavy (non-hydrogen) atoms. The third-order valence-electron chi connectivity index (χ3n) is 5.30. The van der Waals surface area contributed by atoms with Crippen LogP contribution in [0.2, 0.25) is 0 Å². The molecule has 5 rings (SSSR count). The van der Waals surface area contributed by atoms with Gasteiger partial charge in [0.1, 0.15) is 11.4 Å². The first-order chi connectivity index (χ1) is 13.7. The van der Waals surface area contributed by atoms with Gasteiger partial charge in [0, 0.05) is 24.2 Å². The quantitative estimate of drug-likeness (QED) is 0.507. The van der Waals surface area contributed by atoms with E-state index < -0.39 is 0 Å². The van der Waals surface area contributed by atoms with Gasteiger partial charge in [-0.3, -0.25) is 5.10 Å². The van der Waals surface area contributed by atoms with Crippen LogP contribution in [0.15, 0.2) is 36.4 Å². The molecule has 1 aliphatic rings. The van der Waals surface area contributed by atoms with E-state index in [1.165, 1.54) is 0 Å². The number of aliphatic hydroxyl groups is 1. The molecule has 4 aromatic rings. The summed E-state index contributed by atoms with van der Waals surface area (Å²) in [6.07, 6.45) is 1.63. The largest absolute Gasteiger partial charge is 0.494 e. The van der Waals surface area contributed by atoms with E-state index in [4.69, 9.17) is 9.72 Å². The Kier molecular flexibility index (Phi) is 4.16. The fourth-order valence-corrected chi connectivity index (χ4v) is 3.93. The molecule has 0 amide bonds. The van der Waals surface area contributed by atoms with E-state index in [9.17, 15) is 5.11 Å². The van der Waals surface area contributed by atoms with Crippen molar-refractivity contribution >= 4 is 27.6 Å². The summed E-state index contributed by atoms with van der Waals surface area (Å²) < 4.78 is 5.63. The molecule has 0 spiro atoms. The monoisotopic (exact) mass is 377 g/mol. The number of benzene rings is 2. The zero-order valence-corrected chi connectivity index (χ0v) is 15.8. The first kappa shape index (κ1) is 17.1. The number of aromatic nitrogens is 4. The van der Waals surface area contributed by atoms with E-state index in [1.807, 2.05) is 31.2 Å². The molecule has 1 unspecified atom stereocenters. The number of hydrogen-bond donors (Lipinski definition) is 3. The van der Waals surface area contributed by atoms with Crippen LogP contribution in [0.4, 0.5) is 5.69 Å². The van der Waals surface area contributed by atoms with Crippen molar-refractivity contribution in [3.8, 4) is 17.3 Å². The summed E-state index contributed by atoms with van der Waals surface area (Å²) in [5, 5.41) is 18.5. The van der Waals surface area contributed by atoms with Crippen LogP contribution in [-0.4, -0.2) is 51.1 Å². The van der Waals surface area contributed by atoms with Gasteiger partial charge in [-0.25, -0.2) is 4.98 Å². The minimum atomic E-state index is -0.253. The van der Waals surface area contributed by atoms with Crippen LogP contribution < -0.4 is 9.64 Å². The topological polar surface area (TPSA) is 90.1 Å². The van der Waals surface area contributed by atoms with Crippen molar-refractivity contribution in [3.63, 3.8) is 0 Å². The molecule has 2 aromatic carbocycles. The maximum Gasteiger partial charge on any atom is 0.159 e. The van der Waals surface area contributed by atoms with Crippen molar-refractivity contribution < 1.29 is 9.84 Å². The number of piperidine rings is 1. The number of fused-ring (bicyclic) bond motifs is 2. The molecule has 2 aromatic heterocycles. The number of β-amino-alcohol motifs (C(OH)–C–C–N with tert-alkyl or cyclic N) is 1. The van der Waals surface area contributed by atoms with E-state index in [-0.39, 0.29) is 6.10 Å². The highest BCUT2D eigenvalue weighted by atomic mass is 16.5. The molecule has 7 heteroatoms.